The molecule has 7 heteroatoms. The van der Waals surface area contributed by atoms with Crippen LogP contribution in [0.5, 0.6) is 0 Å². The Balaban J connectivity index is -0.000000193. The van der Waals surface area contributed by atoms with Gasteiger partial charge < -0.3 is 0 Å². The Labute approximate surface area is 169 Å². The number of hydrogen-bond donors (Lipinski definition) is 0. The van der Waals surface area contributed by atoms with Crippen LogP contribution < -0.4 is 10.4 Å². The molecule has 1 aliphatic carbocycles. The first-order valence-corrected chi connectivity index (χ1v) is 8.15. The molecule has 0 aromatic heterocycles. The maximum atomic E-state index is 7.50. The smallest absolute Gasteiger partial charge is 0 e. The SMILES string of the molecule is CC(C)(C)P1C2C=c3ccccc3=CC21.[C-]#[O+].[C-]#[O+].[C-]#[O+].[C-]#[O+].[C-]#[O+].[Mo]. The molecule has 3 rings (SSSR count). The van der Waals surface area contributed by atoms with Crippen molar-refractivity contribution in [2.45, 2.75) is 37.2 Å². The summed E-state index contributed by atoms with van der Waals surface area (Å²) in [5.41, 5.74) is 1.74. The third-order valence-electron chi connectivity index (χ3n) is 3.37. The summed E-state index contributed by atoms with van der Waals surface area (Å²) in [6, 6.07) is 8.78. The van der Waals surface area contributed by atoms with Gasteiger partial charge in [-0.2, -0.15) is 0 Å². The van der Waals surface area contributed by atoms with Crippen molar-refractivity contribution >= 4 is 20.1 Å². The summed E-state index contributed by atoms with van der Waals surface area (Å²) in [7, 11) is 0.186. The van der Waals surface area contributed by atoms with E-state index in [1.807, 2.05) is 0 Å². The first-order valence-electron chi connectivity index (χ1n) is 6.67. The average molecular weight is 452 g/mol. The molecule has 1 saturated heterocycles. The second-order valence-corrected chi connectivity index (χ2v) is 8.87. The first-order chi connectivity index (χ1) is 12.1. The standard InChI is InChI=1S/C14H17P.5CO.Mo/c1-14(2,3)15-12-8-10-6-4-5-7-11(10)9-13(12)15;5*1-2;/h4-9,12-13H,1-3H3;;;;;;. The molecule has 0 saturated carbocycles. The van der Waals surface area contributed by atoms with Gasteiger partial charge in [0.2, 0.25) is 0 Å². The van der Waals surface area contributed by atoms with E-state index in [0.717, 1.165) is 11.3 Å². The molecule has 1 aliphatic heterocycles. The fourth-order valence-corrected chi connectivity index (χ4v) is 6.04. The second kappa shape index (κ2) is 18.6. The molecule has 134 valence electrons. The molecule has 2 atom stereocenters. The minimum absolute atomic E-state index is 0. The Morgan fingerprint density at radius 3 is 1.19 bits per heavy atom. The molecule has 1 fully saturated rings. The van der Waals surface area contributed by atoms with Gasteiger partial charge in [0.25, 0.3) is 0 Å². The largest absolute Gasteiger partial charge is 0 e. The van der Waals surface area contributed by atoms with E-state index in [2.05, 4.69) is 90.4 Å². The van der Waals surface area contributed by atoms with Crippen molar-refractivity contribution in [3.05, 3.63) is 68.0 Å². The van der Waals surface area contributed by atoms with E-state index >= 15 is 0 Å². The molecule has 0 N–H and O–H groups in total. The normalized spacial score (nSPS) is 18.9. The van der Waals surface area contributed by atoms with Gasteiger partial charge in [-0.05, 0) is 15.6 Å². The summed E-state index contributed by atoms with van der Waals surface area (Å²) in [6.07, 6.45) is 5.02. The van der Waals surface area contributed by atoms with Crippen molar-refractivity contribution in [1.82, 2.24) is 0 Å². The zero-order valence-electron chi connectivity index (χ0n) is 14.5. The van der Waals surface area contributed by atoms with E-state index in [-0.39, 0.29) is 29.0 Å². The monoisotopic (exact) mass is 454 g/mol. The van der Waals surface area contributed by atoms with Crippen molar-refractivity contribution in [3.8, 4) is 0 Å². The van der Waals surface area contributed by atoms with Crippen LogP contribution >= 0.6 is 7.92 Å². The summed E-state index contributed by atoms with van der Waals surface area (Å²) < 4.78 is 37.5. The van der Waals surface area contributed by atoms with Gasteiger partial charge in [-0.15, -0.1) is 0 Å². The molecule has 5 nitrogen and oxygen atoms in total. The van der Waals surface area contributed by atoms with Crippen LogP contribution in [0.15, 0.2) is 24.3 Å². The van der Waals surface area contributed by atoms with E-state index in [1.165, 1.54) is 10.4 Å². The minimum Gasteiger partial charge on any atom is 0 e. The van der Waals surface area contributed by atoms with E-state index < -0.39 is 0 Å². The van der Waals surface area contributed by atoms with Crippen molar-refractivity contribution in [1.29, 1.82) is 0 Å². The summed E-state index contributed by atoms with van der Waals surface area (Å²) in [5.74, 6) is 0. The summed E-state index contributed by atoms with van der Waals surface area (Å²) >= 11 is 0. The van der Waals surface area contributed by atoms with Gasteiger partial charge in [-0.1, -0.05) is 65.1 Å². The molecule has 0 radical (unpaired) electrons. The zero-order chi connectivity index (χ0) is 20.6. The van der Waals surface area contributed by atoms with E-state index in [1.54, 1.807) is 0 Å². The summed E-state index contributed by atoms with van der Waals surface area (Å²) in [6.45, 7) is 29.7. The molecular formula is C19H17MoO5P. The zero-order valence-corrected chi connectivity index (χ0v) is 17.4. The van der Waals surface area contributed by atoms with Gasteiger partial charge in [0, 0.05) is 32.4 Å². The maximum Gasteiger partial charge on any atom is 0 e. The van der Waals surface area contributed by atoms with Crippen LogP contribution in [0, 0.1) is 33.3 Å². The fourth-order valence-electron chi connectivity index (χ4n) is 2.70. The minimum atomic E-state index is 0. The Bertz CT molecular complexity index is 649. The third-order valence-corrected chi connectivity index (χ3v) is 6.80. The van der Waals surface area contributed by atoms with Crippen molar-refractivity contribution in [2.24, 2.45) is 0 Å². The molecule has 0 amide bonds. The molecule has 2 unspecified atom stereocenters. The Kier molecular flexibility index (Phi) is 23.2. The number of rotatable bonds is 0. The van der Waals surface area contributed by atoms with Crippen LogP contribution in [0.3, 0.4) is 0 Å². The molecule has 0 spiro atoms. The first kappa shape index (κ1) is 32.4. The Morgan fingerprint density at radius 2 is 0.962 bits per heavy atom. The van der Waals surface area contributed by atoms with Gasteiger partial charge in [0.1, 0.15) is 0 Å². The van der Waals surface area contributed by atoms with Crippen molar-refractivity contribution in [3.63, 3.8) is 0 Å². The third kappa shape index (κ3) is 9.47. The molecule has 2 aliphatic rings. The topological polar surface area (TPSA) is 99.5 Å². The van der Waals surface area contributed by atoms with E-state index in [4.69, 9.17) is 23.3 Å². The van der Waals surface area contributed by atoms with Crippen LogP contribution in [0.2, 0.25) is 0 Å². The number of benzene rings is 1. The maximum absolute atomic E-state index is 7.50. The van der Waals surface area contributed by atoms with Crippen LogP contribution in [0.4, 0.5) is 0 Å². The Morgan fingerprint density at radius 1 is 0.692 bits per heavy atom. The van der Waals surface area contributed by atoms with Gasteiger partial charge >= 0.3 is 56.5 Å². The summed E-state index contributed by atoms with van der Waals surface area (Å²) in [4.78, 5) is 0. The van der Waals surface area contributed by atoms with Gasteiger partial charge in [-0.3, -0.25) is 0 Å². The van der Waals surface area contributed by atoms with E-state index in [9.17, 15) is 0 Å². The number of hydrogen-bond acceptors (Lipinski definition) is 0. The van der Waals surface area contributed by atoms with Crippen molar-refractivity contribution < 1.29 is 44.3 Å². The van der Waals surface area contributed by atoms with Crippen molar-refractivity contribution in [2.75, 3.05) is 0 Å². The molecule has 1 heterocycles. The van der Waals surface area contributed by atoms with Crippen LogP contribution in [-0.4, -0.2) is 16.5 Å². The predicted molar refractivity (Wildman–Crippen MR) is 88.5 cm³/mol. The van der Waals surface area contributed by atoms with Crippen LogP contribution in [0.1, 0.15) is 20.8 Å². The molecule has 1 aromatic rings. The second-order valence-electron chi connectivity index (χ2n) is 5.52. The van der Waals surface area contributed by atoms with Gasteiger partial charge in [0.05, 0.1) is 0 Å². The van der Waals surface area contributed by atoms with Gasteiger partial charge in [-0.25, -0.2) is 0 Å². The number of fused-ring (bicyclic) bond motifs is 2. The fraction of sp³-hybridized carbons (Fsp3) is 0.316. The quantitative estimate of drug-likeness (QED) is 0.249. The predicted octanol–water partition coefficient (Wildman–Crippen LogP) is 2.10. The summed E-state index contributed by atoms with van der Waals surface area (Å²) in [5, 5.41) is 3.42. The average Bonchev–Trinajstić information content (AvgIpc) is 3.41. The van der Waals surface area contributed by atoms with Crippen LogP contribution in [0.25, 0.3) is 12.2 Å². The van der Waals surface area contributed by atoms with E-state index in [0.29, 0.717) is 5.16 Å². The molecule has 0 bridgehead atoms. The van der Waals surface area contributed by atoms with Gasteiger partial charge in [0.15, 0.2) is 0 Å². The van der Waals surface area contributed by atoms with Crippen LogP contribution in [-0.2, 0) is 44.3 Å². The molecule has 26 heavy (non-hydrogen) atoms. The molecule has 1 aromatic carbocycles. The Hall–Kier alpha value is -1.22. The molecular weight excluding hydrogens is 435 g/mol.